The van der Waals surface area contributed by atoms with Crippen molar-refractivity contribution < 1.29 is 4.92 Å². The van der Waals surface area contributed by atoms with Crippen molar-refractivity contribution in [1.82, 2.24) is 4.98 Å². The van der Waals surface area contributed by atoms with E-state index in [0.717, 1.165) is 12.8 Å². The number of hydrogen-bond donors (Lipinski definition) is 2. The molecule has 0 bridgehead atoms. The predicted octanol–water partition coefficient (Wildman–Crippen LogP) is 2.10. The van der Waals surface area contributed by atoms with Gasteiger partial charge in [0.05, 0.1) is 4.92 Å². The third-order valence-electron chi connectivity index (χ3n) is 2.21. The van der Waals surface area contributed by atoms with Crippen LogP contribution in [-0.2, 0) is 0 Å². The number of nitrogens with one attached hydrogen (secondary N) is 1. The first kappa shape index (κ1) is 13.7. The van der Waals surface area contributed by atoms with Crippen LogP contribution >= 0.6 is 11.6 Å². The second kappa shape index (κ2) is 6.36. The Morgan fingerprint density at radius 2 is 2.29 bits per heavy atom. The lowest BCUT2D eigenvalue weighted by Crippen LogP contribution is -2.08. The monoisotopic (exact) mass is 258 g/mol. The first-order valence-electron chi connectivity index (χ1n) is 5.31. The lowest BCUT2D eigenvalue weighted by molar-refractivity contribution is -0.384. The Labute approximate surface area is 104 Å². The topological polar surface area (TPSA) is 94.1 Å². The number of nitrogens with two attached hydrogens (primary N) is 1. The zero-order chi connectivity index (χ0) is 12.8. The Balaban J connectivity index is 2.85. The Morgan fingerprint density at radius 3 is 2.88 bits per heavy atom. The SMILES string of the molecule is Cc1cc(NCCCCN)c([N+](=O)[O-])c(Cl)n1. The van der Waals surface area contributed by atoms with Crippen molar-refractivity contribution in [3.8, 4) is 0 Å². The van der Waals surface area contributed by atoms with Crippen LogP contribution in [0.5, 0.6) is 0 Å². The molecule has 0 saturated carbocycles. The molecule has 0 radical (unpaired) electrons. The number of unbranched alkanes of at least 4 members (excludes halogenated alkanes) is 1. The van der Waals surface area contributed by atoms with Gasteiger partial charge < -0.3 is 11.1 Å². The van der Waals surface area contributed by atoms with Crippen LogP contribution in [0.1, 0.15) is 18.5 Å². The molecule has 0 unspecified atom stereocenters. The molecule has 6 nitrogen and oxygen atoms in total. The highest BCUT2D eigenvalue weighted by molar-refractivity contribution is 6.32. The van der Waals surface area contributed by atoms with Gasteiger partial charge in [0, 0.05) is 12.2 Å². The number of nitro groups is 1. The summed E-state index contributed by atoms with van der Waals surface area (Å²) in [5, 5.41) is 13.8. The van der Waals surface area contributed by atoms with Gasteiger partial charge >= 0.3 is 5.69 Å². The van der Waals surface area contributed by atoms with E-state index in [-0.39, 0.29) is 10.8 Å². The predicted molar refractivity (Wildman–Crippen MR) is 67.4 cm³/mol. The summed E-state index contributed by atoms with van der Waals surface area (Å²) in [7, 11) is 0. The number of pyridine rings is 1. The first-order chi connectivity index (χ1) is 8.06. The molecular weight excluding hydrogens is 244 g/mol. The third-order valence-corrected chi connectivity index (χ3v) is 2.47. The molecule has 17 heavy (non-hydrogen) atoms. The molecule has 3 N–H and O–H groups in total. The van der Waals surface area contributed by atoms with Crippen LogP contribution in [0.4, 0.5) is 11.4 Å². The van der Waals surface area contributed by atoms with Crippen molar-refractivity contribution >= 4 is 23.0 Å². The van der Waals surface area contributed by atoms with Crippen molar-refractivity contribution in [3.05, 3.63) is 27.0 Å². The summed E-state index contributed by atoms with van der Waals surface area (Å²) in [5.41, 5.74) is 6.24. The maximum Gasteiger partial charge on any atom is 0.329 e. The number of nitrogens with zero attached hydrogens (tertiary/aromatic N) is 2. The fraction of sp³-hybridized carbons (Fsp3) is 0.500. The fourth-order valence-corrected chi connectivity index (χ4v) is 1.73. The molecule has 0 atom stereocenters. The summed E-state index contributed by atoms with van der Waals surface area (Å²) < 4.78 is 0. The quantitative estimate of drug-likeness (QED) is 0.353. The normalized spacial score (nSPS) is 10.3. The lowest BCUT2D eigenvalue weighted by atomic mass is 10.2. The molecule has 0 aliphatic rings. The molecule has 0 aromatic carbocycles. The van der Waals surface area contributed by atoms with Crippen LogP contribution < -0.4 is 11.1 Å². The van der Waals surface area contributed by atoms with Gasteiger partial charge in [-0.25, -0.2) is 4.98 Å². The largest absolute Gasteiger partial charge is 0.379 e. The van der Waals surface area contributed by atoms with Crippen LogP contribution in [0, 0.1) is 17.0 Å². The average molecular weight is 259 g/mol. The second-order valence-electron chi connectivity index (χ2n) is 3.63. The average Bonchev–Trinajstić information content (AvgIpc) is 2.22. The van der Waals surface area contributed by atoms with Gasteiger partial charge in [-0.15, -0.1) is 0 Å². The fourth-order valence-electron chi connectivity index (χ4n) is 1.43. The van der Waals surface area contributed by atoms with Crippen LogP contribution in [0.15, 0.2) is 6.07 Å². The zero-order valence-corrected chi connectivity index (χ0v) is 10.3. The van der Waals surface area contributed by atoms with Gasteiger partial charge in [0.15, 0.2) is 0 Å². The molecule has 0 spiro atoms. The maximum absolute atomic E-state index is 10.9. The minimum atomic E-state index is -0.528. The Kier molecular flexibility index (Phi) is 5.11. The molecule has 94 valence electrons. The molecule has 0 amide bonds. The van der Waals surface area contributed by atoms with Crippen LogP contribution in [0.3, 0.4) is 0 Å². The molecular formula is C10H15ClN4O2. The van der Waals surface area contributed by atoms with Gasteiger partial charge in [-0.3, -0.25) is 10.1 Å². The molecule has 1 rings (SSSR count). The molecule has 1 aromatic rings. The van der Waals surface area contributed by atoms with E-state index in [1.807, 2.05) is 0 Å². The van der Waals surface area contributed by atoms with Crippen LogP contribution in [-0.4, -0.2) is 23.0 Å². The Morgan fingerprint density at radius 1 is 1.59 bits per heavy atom. The summed E-state index contributed by atoms with van der Waals surface area (Å²) in [5.74, 6) is 0. The molecule has 0 saturated heterocycles. The van der Waals surface area contributed by atoms with E-state index >= 15 is 0 Å². The molecule has 1 heterocycles. The van der Waals surface area contributed by atoms with Crippen molar-refractivity contribution in [2.75, 3.05) is 18.4 Å². The zero-order valence-electron chi connectivity index (χ0n) is 9.57. The van der Waals surface area contributed by atoms with Crippen molar-refractivity contribution in [3.63, 3.8) is 0 Å². The number of hydrogen-bond acceptors (Lipinski definition) is 5. The van der Waals surface area contributed by atoms with Crippen molar-refractivity contribution in [1.29, 1.82) is 0 Å². The highest BCUT2D eigenvalue weighted by Gasteiger charge is 2.20. The molecule has 0 aliphatic carbocycles. The summed E-state index contributed by atoms with van der Waals surface area (Å²) >= 11 is 5.76. The van der Waals surface area contributed by atoms with E-state index in [1.165, 1.54) is 0 Å². The number of aryl methyl sites for hydroxylation is 1. The molecule has 1 aromatic heterocycles. The van der Waals surface area contributed by atoms with Crippen LogP contribution in [0.2, 0.25) is 5.15 Å². The van der Waals surface area contributed by atoms with E-state index in [1.54, 1.807) is 13.0 Å². The second-order valence-corrected chi connectivity index (χ2v) is 3.99. The molecule has 0 fully saturated rings. The van der Waals surface area contributed by atoms with Gasteiger partial charge in [-0.2, -0.15) is 0 Å². The number of anilines is 1. The van der Waals surface area contributed by atoms with Gasteiger partial charge in [-0.05, 0) is 32.4 Å². The smallest absolute Gasteiger partial charge is 0.329 e. The first-order valence-corrected chi connectivity index (χ1v) is 5.69. The maximum atomic E-state index is 10.9. The summed E-state index contributed by atoms with van der Waals surface area (Å²) in [6, 6.07) is 1.62. The minimum Gasteiger partial charge on any atom is -0.379 e. The molecule has 7 heteroatoms. The van der Waals surface area contributed by atoms with E-state index < -0.39 is 4.92 Å². The van der Waals surface area contributed by atoms with Crippen LogP contribution in [0.25, 0.3) is 0 Å². The van der Waals surface area contributed by atoms with Crippen molar-refractivity contribution in [2.24, 2.45) is 5.73 Å². The van der Waals surface area contributed by atoms with Gasteiger partial charge in [0.2, 0.25) is 5.15 Å². The molecule has 0 aliphatic heterocycles. The number of rotatable bonds is 6. The van der Waals surface area contributed by atoms with Crippen molar-refractivity contribution in [2.45, 2.75) is 19.8 Å². The lowest BCUT2D eigenvalue weighted by Gasteiger charge is -2.08. The van der Waals surface area contributed by atoms with Gasteiger partial charge in [0.25, 0.3) is 0 Å². The van der Waals surface area contributed by atoms with E-state index in [2.05, 4.69) is 10.3 Å². The van der Waals surface area contributed by atoms with E-state index in [4.69, 9.17) is 17.3 Å². The Hall–Kier alpha value is -1.40. The summed E-state index contributed by atoms with van der Waals surface area (Å²) in [4.78, 5) is 14.2. The highest BCUT2D eigenvalue weighted by Crippen LogP contribution is 2.31. The summed E-state index contributed by atoms with van der Waals surface area (Å²) in [6.45, 7) is 2.97. The van der Waals surface area contributed by atoms with Gasteiger partial charge in [0.1, 0.15) is 5.69 Å². The standard InChI is InChI=1S/C10H15ClN4O2/c1-7-6-8(13-5-3-2-4-12)9(15(16)17)10(11)14-7/h6H,2-5,12H2,1H3,(H,13,14). The number of aromatic nitrogens is 1. The van der Waals surface area contributed by atoms with E-state index in [0.29, 0.717) is 24.5 Å². The minimum absolute atomic E-state index is 0.0867. The number of halogens is 1. The third kappa shape index (κ3) is 3.83. The van der Waals surface area contributed by atoms with Gasteiger partial charge in [-0.1, -0.05) is 11.6 Å². The van der Waals surface area contributed by atoms with E-state index in [9.17, 15) is 10.1 Å². The Bertz CT molecular complexity index is 412. The summed E-state index contributed by atoms with van der Waals surface area (Å²) in [6.07, 6.45) is 1.73. The highest BCUT2D eigenvalue weighted by atomic mass is 35.5.